The Hall–Kier alpha value is -1.64. The fourth-order valence-corrected chi connectivity index (χ4v) is 2.36. The van der Waals surface area contributed by atoms with Crippen molar-refractivity contribution >= 4 is 0 Å². The van der Waals surface area contributed by atoms with E-state index >= 15 is 0 Å². The first kappa shape index (κ1) is 14.8. The molecule has 2 unspecified atom stereocenters. The van der Waals surface area contributed by atoms with E-state index in [1.165, 1.54) is 5.56 Å². The number of aliphatic hydroxyl groups excluding tert-OH is 1. The molecule has 0 aliphatic carbocycles. The molecule has 2 atom stereocenters. The van der Waals surface area contributed by atoms with Crippen LogP contribution in [-0.2, 0) is 11.2 Å². The third-order valence-corrected chi connectivity index (χ3v) is 3.46. The van der Waals surface area contributed by atoms with Crippen molar-refractivity contribution < 1.29 is 9.84 Å². The highest BCUT2D eigenvalue weighted by atomic mass is 16.5. The molecule has 0 saturated heterocycles. The van der Waals surface area contributed by atoms with Gasteiger partial charge in [-0.25, -0.2) is 0 Å². The van der Waals surface area contributed by atoms with E-state index in [-0.39, 0.29) is 6.10 Å². The van der Waals surface area contributed by atoms with Gasteiger partial charge in [-0.05, 0) is 30.0 Å². The fraction of sp³-hybridized carbons (Fsp3) is 0.333. The van der Waals surface area contributed by atoms with E-state index in [0.29, 0.717) is 6.61 Å². The molecule has 2 rings (SSSR count). The lowest BCUT2D eigenvalue weighted by molar-refractivity contribution is -0.0361. The third kappa shape index (κ3) is 3.47. The van der Waals surface area contributed by atoms with Crippen molar-refractivity contribution in [3.63, 3.8) is 0 Å². The largest absolute Gasteiger partial charge is 0.385 e. The van der Waals surface area contributed by atoms with Crippen LogP contribution in [0.5, 0.6) is 0 Å². The van der Waals surface area contributed by atoms with E-state index in [1.807, 2.05) is 49.4 Å². The van der Waals surface area contributed by atoms with Gasteiger partial charge in [0.25, 0.3) is 0 Å². The van der Waals surface area contributed by atoms with Gasteiger partial charge in [0.1, 0.15) is 12.2 Å². The molecule has 0 fully saturated rings. The Balaban J connectivity index is 2.28. The molecular weight excluding hydrogens is 248 g/mol. The van der Waals surface area contributed by atoms with Gasteiger partial charge < -0.3 is 9.84 Å². The zero-order valence-corrected chi connectivity index (χ0v) is 12.1. The Bertz CT molecular complexity index is 522. The Labute approximate surface area is 121 Å². The van der Waals surface area contributed by atoms with Gasteiger partial charge in [0.05, 0.1) is 0 Å². The smallest absolute Gasteiger partial charge is 0.112 e. The number of rotatable bonds is 6. The van der Waals surface area contributed by atoms with Crippen molar-refractivity contribution in [3.05, 3.63) is 71.3 Å². The first-order valence-corrected chi connectivity index (χ1v) is 7.19. The van der Waals surface area contributed by atoms with Crippen LogP contribution in [0.3, 0.4) is 0 Å². The van der Waals surface area contributed by atoms with Crippen LogP contribution < -0.4 is 0 Å². The normalized spacial score (nSPS) is 13.9. The second-order valence-electron chi connectivity index (χ2n) is 4.83. The standard InChI is InChI=1S/C18H22O2/c1-3-14-9-8-12-16(13-14)17(19)18(20-4-2)15-10-6-5-7-11-15/h5-13,17-19H,3-4H2,1-2H3. The highest BCUT2D eigenvalue weighted by molar-refractivity contribution is 5.28. The Morgan fingerprint density at radius 1 is 0.950 bits per heavy atom. The molecule has 0 amide bonds. The van der Waals surface area contributed by atoms with Gasteiger partial charge in [0, 0.05) is 6.61 Å². The molecule has 2 aromatic carbocycles. The first-order valence-electron chi connectivity index (χ1n) is 7.19. The number of aliphatic hydroxyl groups is 1. The van der Waals surface area contributed by atoms with Crippen molar-refractivity contribution in [2.75, 3.05) is 6.61 Å². The van der Waals surface area contributed by atoms with E-state index in [9.17, 15) is 5.11 Å². The second-order valence-corrected chi connectivity index (χ2v) is 4.83. The molecule has 1 N–H and O–H groups in total. The molecule has 0 heterocycles. The summed E-state index contributed by atoms with van der Waals surface area (Å²) in [6, 6.07) is 18.0. The minimum Gasteiger partial charge on any atom is -0.385 e. The van der Waals surface area contributed by atoms with Crippen LogP contribution in [0.15, 0.2) is 54.6 Å². The van der Waals surface area contributed by atoms with Gasteiger partial charge in [-0.3, -0.25) is 0 Å². The van der Waals surface area contributed by atoms with Crippen molar-refractivity contribution in [1.29, 1.82) is 0 Å². The summed E-state index contributed by atoms with van der Waals surface area (Å²) in [5.41, 5.74) is 3.14. The molecule has 0 aliphatic heterocycles. The SMILES string of the molecule is CCOC(c1ccccc1)C(O)c1cccc(CC)c1. The highest BCUT2D eigenvalue weighted by Crippen LogP contribution is 2.32. The van der Waals surface area contributed by atoms with Gasteiger partial charge >= 0.3 is 0 Å². The van der Waals surface area contributed by atoms with Crippen LogP contribution in [0.4, 0.5) is 0 Å². The number of hydrogen-bond acceptors (Lipinski definition) is 2. The summed E-state index contributed by atoms with van der Waals surface area (Å²) in [6.45, 7) is 4.64. The topological polar surface area (TPSA) is 29.5 Å². The average molecular weight is 270 g/mol. The van der Waals surface area contributed by atoms with Crippen molar-refractivity contribution in [2.45, 2.75) is 32.5 Å². The molecule has 20 heavy (non-hydrogen) atoms. The van der Waals surface area contributed by atoms with Crippen LogP contribution in [0, 0.1) is 0 Å². The van der Waals surface area contributed by atoms with Crippen LogP contribution in [0.2, 0.25) is 0 Å². The van der Waals surface area contributed by atoms with Gasteiger partial charge in [0.15, 0.2) is 0 Å². The molecule has 2 heteroatoms. The zero-order valence-electron chi connectivity index (χ0n) is 12.1. The van der Waals surface area contributed by atoms with Gasteiger partial charge in [-0.2, -0.15) is 0 Å². The molecule has 106 valence electrons. The number of ether oxygens (including phenoxy) is 1. The molecule has 2 aromatic rings. The second kappa shape index (κ2) is 7.22. The number of aryl methyl sites for hydroxylation is 1. The average Bonchev–Trinajstić information content (AvgIpc) is 2.53. The minimum absolute atomic E-state index is 0.326. The van der Waals surface area contributed by atoms with Gasteiger partial charge in [0.2, 0.25) is 0 Å². The lowest BCUT2D eigenvalue weighted by Gasteiger charge is -2.24. The predicted molar refractivity (Wildman–Crippen MR) is 81.6 cm³/mol. The van der Waals surface area contributed by atoms with Crippen LogP contribution in [-0.4, -0.2) is 11.7 Å². The van der Waals surface area contributed by atoms with Crippen molar-refractivity contribution in [2.24, 2.45) is 0 Å². The van der Waals surface area contributed by atoms with Crippen LogP contribution in [0.25, 0.3) is 0 Å². The summed E-state index contributed by atoms with van der Waals surface area (Å²) >= 11 is 0. The maximum Gasteiger partial charge on any atom is 0.112 e. The maximum atomic E-state index is 10.7. The van der Waals surface area contributed by atoms with Gasteiger partial charge in [-0.1, -0.05) is 61.5 Å². The van der Waals surface area contributed by atoms with Crippen molar-refractivity contribution in [1.82, 2.24) is 0 Å². The Morgan fingerprint density at radius 3 is 2.30 bits per heavy atom. The molecule has 0 aliphatic rings. The van der Waals surface area contributed by atoms with E-state index in [4.69, 9.17) is 4.74 Å². The third-order valence-electron chi connectivity index (χ3n) is 3.46. The summed E-state index contributed by atoms with van der Waals surface area (Å²) in [7, 11) is 0. The Kier molecular flexibility index (Phi) is 5.33. The Morgan fingerprint density at radius 2 is 1.65 bits per heavy atom. The molecule has 0 radical (unpaired) electrons. The predicted octanol–water partition coefficient (Wildman–Crippen LogP) is 4.06. The molecule has 2 nitrogen and oxygen atoms in total. The van der Waals surface area contributed by atoms with Gasteiger partial charge in [-0.15, -0.1) is 0 Å². The molecular formula is C18H22O2. The monoisotopic (exact) mass is 270 g/mol. The quantitative estimate of drug-likeness (QED) is 0.857. The van der Waals surface area contributed by atoms with E-state index < -0.39 is 6.10 Å². The fourth-order valence-electron chi connectivity index (χ4n) is 2.36. The molecule has 0 bridgehead atoms. The number of benzene rings is 2. The van der Waals surface area contributed by atoms with Crippen LogP contribution >= 0.6 is 0 Å². The molecule has 0 spiro atoms. The maximum absolute atomic E-state index is 10.7. The summed E-state index contributed by atoms with van der Waals surface area (Å²) in [6.07, 6.45) is -0.0114. The minimum atomic E-state index is -0.649. The van der Waals surface area contributed by atoms with E-state index in [2.05, 4.69) is 19.1 Å². The molecule has 0 saturated carbocycles. The van der Waals surface area contributed by atoms with Crippen LogP contribution in [0.1, 0.15) is 42.7 Å². The number of hydrogen-bond donors (Lipinski definition) is 1. The summed E-state index contributed by atoms with van der Waals surface area (Å²) in [4.78, 5) is 0. The highest BCUT2D eigenvalue weighted by Gasteiger charge is 2.23. The first-order chi connectivity index (χ1) is 9.76. The van der Waals surface area contributed by atoms with Crippen molar-refractivity contribution in [3.8, 4) is 0 Å². The zero-order chi connectivity index (χ0) is 14.4. The molecule has 0 aromatic heterocycles. The lowest BCUT2D eigenvalue weighted by atomic mass is 9.96. The lowest BCUT2D eigenvalue weighted by Crippen LogP contribution is -2.14. The van der Waals surface area contributed by atoms with E-state index in [0.717, 1.165) is 17.5 Å². The summed E-state index contributed by atoms with van der Waals surface area (Å²) in [5, 5.41) is 10.7. The summed E-state index contributed by atoms with van der Waals surface area (Å²) in [5.74, 6) is 0. The van der Waals surface area contributed by atoms with E-state index in [1.54, 1.807) is 0 Å². The summed E-state index contributed by atoms with van der Waals surface area (Å²) < 4.78 is 5.77.